The molecule has 1 aliphatic carbocycles. The smallest absolute Gasteiger partial charge is 0.310 e. The van der Waals surface area contributed by atoms with Crippen LogP contribution in [-0.4, -0.2) is 42.6 Å². The third-order valence-corrected chi connectivity index (χ3v) is 6.20. The molecular weight excluding hydrogens is 254 g/mol. The predicted octanol–water partition coefficient (Wildman–Crippen LogP) is 1.30. The minimum absolute atomic E-state index is 0.147. The van der Waals surface area contributed by atoms with Crippen LogP contribution in [0.2, 0.25) is 0 Å². The molecule has 2 fully saturated rings. The number of carboxylic acid groups (broad SMARTS) is 1. The van der Waals surface area contributed by atoms with Crippen LogP contribution in [0, 0.1) is 11.3 Å². The van der Waals surface area contributed by atoms with Gasteiger partial charge in [-0.05, 0) is 38.0 Å². The summed E-state index contributed by atoms with van der Waals surface area (Å²) in [7, 11) is -3.26. The molecule has 2 rings (SSSR count). The average molecular weight is 275 g/mol. The Hall–Kier alpha value is -0.620. The first-order valence-corrected chi connectivity index (χ1v) is 8.22. The molecule has 2 aliphatic rings. The average Bonchev–Trinajstić information content (AvgIpc) is 3.12. The SMILES string of the molecule is CCC1(C(=O)O)CCCN(S(=O)(=O)CC2CC2)C1. The van der Waals surface area contributed by atoms with E-state index in [4.69, 9.17) is 0 Å². The van der Waals surface area contributed by atoms with Crippen molar-refractivity contribution < 1.29 is 18.3 Å². The Morgan fingerprint density at radius 2 is 2.11 bits per heavy atom. The molecule has 1 N–H and O–H groups in total. The summed E-state index contributed by atoms with van der Waals surface area (Å²) in [6, 6.07) is 0. The van der Waals surface area contributed by atoms with Gasteiger partial charge in [0.1, 0.15) is 0 Å². The number of rotatable bonds is 5. The van der Waals surface area contributed by atoms with Crippen molar-refractivity contribution in [3.63, 3.8) is 0 Å². The van der Waals surface area contributed by atoms with E-state index >= 15 is 0 Å². The van der Waals surface area contributed by atoms with E-state index < -0.39 is 21.4 Å². The van der Waals surface area contributed by atoms with Gasteiger partial charge in [-0.25, -0.2) is 12.7 Å². The molecule has 1 atom stereocenters. The fourth-order valence-electron chi connectivity index (χ4n) is 2.63. The van der Waals surface area contributed by atoms with Gasteiger partial charge in [-0.15, -0.1) is 0 Å². The summed E-state index contributed by atoms with van der Waals surface area (Å²) in [4.78, 5) is 11.4. The Bertz CT molecular complexity index is 429. The lowest BCUT2D eigenvalue weighted by molar-refractivity contribution is -0.151. The summed E-state index contributed by atoms with van der Waals surface area (Å²) in [6.45, 7) is 2.45. The largest absolute Gasteiger partial charge is 0.481 e. The van der Waals surface area contributed by atoms with E-state index in [1.165, 1.54) is 4.31 Å². The van der Waals surface area contributed by atoms with E-state index in [2.05, 4.69) is 0 Å². The quantitative estimate of drug-likeness (QED) is 0.820. The molecule has 0 aromatic rings. The van der Waals surface area contributed by atoms with Gasteiger partial charge in [0.15, 0.2) is 0 Å². The Morgan fingerprint density at radius 3 is 2.61 bits per heavy atom. The van der Waals surface area contributed by atoms with Crippen molar-refractivity contribution in [3.8, 4) is 0 Å². The number of sulfonamides is 1. The van der Waals surface area contributed by atoms with Crippen LogP contribution in [0.4, 0.5) is 0 Å². The molecule has 1 saturated heterocycles. The Morgan fingerprint density at radius 1 is 1.44 bits per heavy atom. The zero-order chi connectivity index (χ0) is 13.4. The number of carbonyl (C=O) groups is 1. The molecule has 0 aromatic carbocycles. The molecule has 0 aromatic heterocycles. The van der Waals surface area contributed by atoms with Crippen molar-refractivity contribution in [2.45, 2.75) is 39.0 Å². The summed E-state index contributed by atoms with van der Waals surface area (Å²) in [5, 5.41) is 9.35. The van der Waals surface area contributed by atoms with Gasteiger partial charge in [-0.1, -0.05) is 6.92 Å². The molecule has 6 heteroatoms. The number of carboxylic acids is 1. The second-order valence-corrected chi connectivity index (χ2v) is 7.61. The van der Waals surface area contributed by atoms with E-state index in [1.807, 2.05) is 6.92 Å². The van der Waals surface area contributed by atoms with Crippen LogP contribution in [0.3, 0.4) is 0 Å². The van der Waals surface area contributed by atoms with Crippen molar-refractivity contribution in [2.24, 2.45) is 11.3 Å². The third-order valence-electron chi connectivity index (χ3n) is 4.21. The first-order valence-electron chi connectivity index (χ1n) is 6.61. The van der Waals surface area contributed by atoms with Gasteiger partial charge in [0, 0.05) is 13.1 Å². The summed E-state index contributed by atoms with van der Waals surface area (Å²) in [5.41, 5.74) is -0.880. The molecule has 1 saturated carbocycles. The normalized spacial score (nSPS) is 30.3. The van der Waals surface area contributed by atoms with Gasteiger partial charge >= 0.3 is 5.97 Å². The summed E-state index contributed by atoms with van der Waals surface area (Å²) in [6.07, 6.45) is 3.69. The second kappa shape index (κ2) is 4.81. The summed E-state index contributed by atoms with van der Waals surface area (Å²) < 4.78 is 25.8. The first-order chi connectivity index (χ1) is 8.39. The lowest BCUT2D eigenvalue weighted by atomic mass is 9.78. The molecule has 1 unspecified atom stereocenters. The van der Waals surface area contributed by atoms with Gasteiger partial charge in [0.05, 0.1) is 11.2 Å². The second-order valence-electron chi connectivity index (χ2n) is 5.60. The number of piperidine rings is 1. The van der Waals surface area contributed by atoms with Crippen molar-refractivity contribution >= 4 is 16.0 Å². The zero-order valence-corrected chi connectivity index (χ0v) is 11.6. The molecule has 1 heterocycles. The highest BCUT2D eigenvalue weighted by atomic mass is 32.2. The minimum Gasteiger partial charge on any atom is -0.481 e. The van der Waals surface area contributed by atoms with E-state index in [9.17, 15) is 18.3 Å². The van der Waals surface area contributed by atoms with Gasteiger partial charge in [0.25, 0.3) is 0 Å². The summed E-state index contributed by atoms with van der Waals surface area (Å²) >= 11 is 0. The zero-order valence-electron chi connectivity index (χ0n) is 10.8. The number of nitrogens with zero attached hydrogens (tertiary/aromatic N) is 1. The molecule has 18 heavy (non-hydrogen) atoms. The van der Waals surface area contributed by atoms with Crippen molar-refractivity contribution in [1.29, 1.82) is 0 Å². The molecule has 1 aliphatic heterocycles. The Balaban J connectivity index is 2.12. The summed E-state index contributed by atoms with van der Waals surface area (Å²) in [5.74, 6) is -0.360. The van der Waals surface area contributed by atoms with Crippen LogP contribution in [-0.2, 0) is 14.8 Å². The number of aliphatic carboxylic acids is 1. The van der Waals surface area contributed by atoms with E-state index in [0.717, 1.165) is 12.8 Å². The van der Waals surface area contributed by atoms with Gasteiger partial charge in [0.2, 0.25) is 10.0 Å². The topological polar surface area (TPSA) is 74.7 Å². The fourth-order valence-corrected chi connectivity index (χ4v) is 4.62. The minimum atomic E-state index is -3.26. The molecule has 0 spiro atoms. The van der Waals surface area contributed by atoms with E-state index in [-0.39, 0.29) is 12.3 Å². The first kappa shape index (κ1) is 13.8. The molecular formula is C12H21NO4S. The maximum atomic E-state index is 12.2. The van der Waals surface area contributed by atoms with Gasteiger partial charge in [-0.3, -0.25) is 4.79 Å². The standard InChI is InChI=1S/C12H21NO4S/c1-2-12(11(14)15)6-3-7-13(9-12)18(16,17)8-10-4-5-10/h10H,2-9H2,1H3,(H,14,15). The molecule has 0 radical (unpaired) electrons. The number of hydrogen-bond donors (Lipinski definition) is 1. The number of hydrogen-bond acceptors (Lipinski definition) is 3. The maximum Gasteiger partial charge on any atom is 0.310 e. The highest BCUT2D eigenvalue weighted by Gasteiger charge is 2.44. The van der Waals surface area contributed by atoms with Crippen molar-refractivity contribution in [1.82, 2.24) is 4.31 Å². The lowest BCUT2D eigenvalue weighted by Gasteiger charge is -2.38. The van der Waals surface area contributed by atoms with Crippen LogP contribution in [0.25, 0.3) is 0 Å². The molecule has 0 bridgehead atoms. The van der Waals surface area contributed by atoms with E-state index in [1.54, 1.807) is 0 Å². The Labute approximate surface area is 108 Å². The highest BCUT2D eigenvalue weighted by molar-refractivity contribution is 7.89. The molecule has 0 amide bonds. The Kier molecular flexibility index (Phi) is 3.69. The van der Waals surface area contributed by atoms with Crippen LogP contribution >= 0.6 is 0 Å². The van der Waals surface area contributed by atoms with Gasteiger partial charge < -0.3 is 5.11 Å². The lowest BCUT2D eigenvalue weighted by Crippen LogP contribution is -2.50. The fraction of sp³-hybridized carbons (Fsp3) is 0.917. The molecule has 5 nitrogen and oxygen atoms in total. The molecule has 104 valence electrons. The van der Waals surface area contributed by atoms with Crippen LogP contribution in [0.1, 0.15) is 39.0 Å². The maximum absolute atomic E-state index is 12.2. The third kappa shape index (κ3) is 2.69. The van der Waals surface area contributed by atoms with Crippen molar-refractivity contribution in [3.05, 3.63) is 0 Å². The van der Waals surface area contributed by atoms with E-state index in [0.29, 0.717) is 31.7 Å². The van der Waals surface area contributed by atoms with Crippen molar-refractivity contribution in [2.75, 3.05) is 18.8 Å². The van der Waals surface area contributed by atoms with Crippen LogP contribution in [0.5, 0.6) is 0 Å². The van der Waals surface area contributed by atoms with Crippen LogP contribution in [0.15, 0.2) is 0 Å². The predicted molar refractivity (Wildman–Crippen MR) is 67.7 cm³/mol. The monoisotopic (exact) mass is 275 g/mol. The van der Waals surface area contributed by atoms with Crippen LogP contribution < -0.4 is 0 Å². The van der Waals surface area contributed by atoms with Gasteiger partial charge in [-0.2, -0.15) is 0 Å². The highest BCUT2D eigenvalue weighted by Crippen LogP contribution is 2.37.